The largest absolute Gasteiger partial charge is 0.354 e. The maximum Gasteiger partial charge on any atom is 0.239 e. The van der Waals surface area contributed by atoms with Crippen LogP contribution in [0.4, 0.5) is 0 Å². The second kappa shape index (κ2) is 9.94. The van der Waals surface area contributed by atoms with Crippen molar-refractivity contribution in [1.82, 2.24) is 10.6 Å². The van der Waals surface area contributed by atoms with Crippen molar-refractivity contribution in [3.63, 3.8) is 0 Å². The molecule has 0 radical (unpaired) electrons. The van der Waals surface area contributed by atoms with Crippen LogP contribution in [0.15, 0.2) is 0 Å². The summed E-state index contributed by atoms with van der Waals surface area (Å²) in [6.07, 6.45) is 13.1. The van der Waals surface area contributed by atoms with Crippen LogP contribution in [-0.4, -0.2) is 24.9 Å². The van der Waals surface area contributed by atoms with Gasteiger partial charge in [0.2, 0.25) is 11.8 Å². The van der Waals surface area contributed by atoms with Gasteiger partial charge in [0.1, 0.15) is 0 Å². The minimum atomic E-state index is -0.0394. The predicted octanol–water partition coefficient (Wildman–Crippen LogP) is 3.41. The molecular formula is C19H34N2O2. The zero-order valence-electron chi connectivity index (χ0n) is 14.7. The first-order chi connectivity index (χ1) is 11.2. The zero-order valence-corrected chi connectivity index (χ0v) is 14.7. The van der Waals surface area contributed by atoms with Crippen molar-refractivity contribution >= 4 is 11.8 Å². The normalized spacial score (nSPS) is 25.8. The third-order valence-corrected chi connectivity index (χ3v) is 5.80. The number of carbonyl (C=O) groups excluding carboxylic acids is 2. The van der Waals surface area contributed by atoms with E-state index in [1.165, 1.54) is 64.2 Å². The molecule has 2 fully saturated rings. The van der Waals surface area contributed by atoms with E-state index in [1.807, 2.05) is 0 Å². The highest BCUT2D eigenvalue weighted by Gasteiger charge is 2.24. The van der Waals surface area contributed by atoms with Gasteiger partial charge in [0.25, 0.3) is 0 Å². The number of hydrogen-bond acceptors (Lipinski definition) is 2. The molecule has 4 heteroatoms. The Morgan fingerprint density at radius 1 is 0.826 bits per heavy atom. The molecule has 2 aliphatic carbocycles. The Balaban J connectivity index is 1.59. The Labute approximate surface area is 141 Å². The lowest BCUT2D eigenvalue weighted by Gasteiger charge is -2.30. The molecule has 0 bridgehead atoms. The Bertz CT molecular complexity index is 378. The Morgan fingerprint density at radius 2 is 1.48 bits per heavy atom. The summed E-state index contributed by atoms with van der Waals surface area (Å²) < 4.78 is 0. The zero-order chi connectivity index (χ0) is 16.5. The van der Waals surface area contributed by atoms with Crippen molar-refractivity contribution in [2.24, 2.45) is 17.8 Å². The van der Waals surface area contributed by atoms with Crippen molar-refractivity contribution < 1.29 is 9.59 Å². The summed E-state index contributed by atoms with van der Waals surface area (Å²) in [6, 6.07) is 0. The van der Waals surface area contributed by atoms with E-state index in [-0.39, 0.29) is 18.4 Å². The van der Waals surface area contributed by atoms with Gasteiger partial charge in [0.15, 0.2) is 0 Å². The van der Waals surface area contributed by atoms with Crippen LogP contribution in [0.1, 0.15) is 77.6 Å². The van der Waals surface area contributed by atoms with Gasteiger partial charge in [-0.25, -0.2) is 0 Å². The van der Waals surface area contributed by atoms with Crippen molar-refractivity contribution in [2.45, 2.75) is 77.6 Å². The van der Waals surface area contributed by atoms with Crippen LogP contribution in [0, 0.1) is 17.8 Å². The van der Waals surface area contributed by atoms with Gasteiger partial charge in [-0.15, -0.1) is 0 Å². The van der Waals surface area contributed by atoms with E-state index in [0.29, 0.717) is 18.3 Å². The molecule has 0 heterocycles. The Morgan fingerprint density at radius 3 is 2.17 bits per heavy atom. The van der Waals surface area contributed by atoms with Crippen LogP contribution in [0.2, 0.25) is 0 Å². The topological polar surface area (TPSA) is 58.2 Å². The number of carbonyl (C=O) groups is 2. The highest BCUT2D eigenvalue weighted by molar-refractivity contribution is 5.84. The Hall–Kier alpha value is -1.06. The van der Waals surface area contributed by atoms with Crippen molar-refractivity contribution in [1.29, 1.82) is 0 Å². The molecule has 2 amide bonds. The number of hydrogen-bond donors (Lipinski definition) is 2. The first kappa shape index (κ1) is 18.3. The van der Waals surface area contributed by atoms with Gasteiger partial charge in [-0.2, -0.15) is 0 Å². The molecule has 0 spiro atoms. The van der Waals surface area contributed by atoms with Crippen LogP contribution in [0.3, 0.4) is 0 Å². The number of rotatable bonds is 7. The van der Waals surface area contributed by atoms with Crippen LogP contribution >= 0.6 is 0 Å². The van der Waals surface area contributed by atoms with Crippen LogP contribution in [0.25, 0.3) is 0 Å². The minimum absolute atomic E-state index is 0.0381. The highest BCUT2D eigenvalue weighted by atomic mass is 16.2. The van der Waals surface area contributed by atoms with Crippen LogP contribution < -0.4 is 10.6 Å². The average Bonchev–Trinajstić information content (AvgIpc) is 2.59. The molecule has 0 aromatic rings. The van der Waals surface area contributed by atoms with Crippen molar-refractivity contribution in [3.8, 4) is 0 Å². The molecule has 2 rings (SSSR count). The van der Waals surface area contributed by atoms with Gasteiger partial charge in [-0.3, -0.25) is 9.59 Å². The lowest BCUT2D eigenvalue weighted by Crippen LogP contribution is -2.40. The maximum atomic E-state index is 12.0. The van der Waals surface area contributed by atoms with E-state index in [2.05, 4.69) is 17.6 Å². The van der Waals surface area contributed by atoms with E-state index in [1.54, 1.807) is 0 Å². The van der Waals surface area contributed by atoms with E-state index in [0.717, 1.165) is 12.5 Å². The molecular weight excluding hydrogens is 288 g/mol. The molecule has 0 aliphatic heterocycles. The fraction of sp³-hybridized carbons (Fsp3) is 0.895. The molecule has 2 atom stereocenters. The minimum Gasteiger partial charge on any atom is -0.354 e. The summed E-state index contributed by atoms with van der Waals surface area (Å²) in [7, 11) is 0. The summed E-state index contributed by atoms with van der Waals surface area (Å²) in [6.45, 7) is 3.15. The first-order valence-electron chi connectivity index (χ1n) is 9.72. The number of amides is 2. The third-order valence-electron chi connectivity index (χ3n) is 5.80. The molecule has 4 nitrogen and oxygen atoms in total. The first-order valence-corrected chi connectivity index (χ1v) is 9.72. The summed E-state index contributed by atoms with van der Waals surface area (Å²) in [5, 5.41) is 5.81. The van der Waals surface area contributed by atoms with Crippen LogP contribution in [0.5, 0.6) is 0 Å². The quantitative estimate of drug-likeness (QED) is 0.754. The fourth-order valence-corrected chi connectivity index (χ4v) is 4.30. The molecule has 0 aromatic heterocycles. The molecule has 2 aliphatic rings. The third kappa shape index (κ3) is 6.52. The van der Waals surface area contributed by atoms with Gasteiger partial charge in [0.05, 0.1) is 6.54 Å². The fourth-order valence-electron chi connectivity index (χ4n) is 4.30. The predicted molar refractivity (Wildman–Crippen MR) is 93.0 cm³/mol. The van der Waals surface area contributed by atoms with E-state index >= 15 is 0 Å². The van der Waals surface area contributed by atoms with Gasteiger partial charge < -0.3 is 10.6 Å². The monoisotopic (exact) mass is 322 g/mol. The molecule has 2 unspecified atom stereocenters. The molecule has 0 aromatic carbocycles. The summed E-state index contributed by atoms with van der Waals surface area (Å²) in [5.74, 6) is 1.90. The highest BCUT2D eigenvalue weighted by Crippen LogP contribution is 2.31. The van der Waals surface area contributed by atoms with E-state index in [4.69, 9.17) is 0 Å². The molecule has 2 N–H and O–H groups in total. The van der Waals surface area contributed by atoms with Gasteiger partial charge in [0, 0.05) is 13.0 Å². The molecule has 0 saturated heterocycles. The summed E-state index contributed by atoms with van der Waals surface area (Å²) in [5.41, 5.74) is 0. The van der Waals surface area contributed by atoms with E-state index < -0.39 is 0 Å². The molecule has 23 heavy (non-hydrogen) atoms. The maximum absolute atomic E-state index is 12.0. The van der Waals surface area contributed by atoms with Gasteiger partial charge in [-0.1, -0.05) is 51.9 Å². The Kier molecular flexibility index (Phi) is 7.90. The average molecular weight is 322 g/mol. The van der Waals surface area contributed by atoms with Gasteiger partial charge in [-0.05, 0) is 37.0 Å². The van der Waals surface area contributed by atoms with Crippen molar-refractivity contribution in [2.75, 3.05) is 13.1 Å². The SMILES string of the molecule is CCC1CCCCC1CNC(=O)CNC(=O)CC1CCCCC1. The second-order valence-electron chi connectivity index (χ2n) is 7.50. The van der Waals surface area contributed by atoms with Crippen LogP contribution in [-0.2, 0) is 9.59 Å². The standard InChI is InChI=1S/C19H34N2O2/c1-2-16-10-6-7-11-17(16)13-20-19(23)14-21-18(22)12-15-8-4-3-5-9-15/h15-17H,2-14H2,1H3,(H,20,23)(H,21,22). The van der Waals surface area contributed by atoms with Gasteiger partial charge >= 0.3 is 0 Å². The summed E-state index contributed by atoms with van der Waals surface area (Å²) >= 11 is 0. The lowest BCUT2D eigenvalue weighted by atomic mass is 9.78. The second-order valence-corrected chi connectivity index (χ2v) is 7.50. The lowest BCUT2D eigenvalue weighted by molar-refractivity contribution is -0.126. The number of nitrogens with one attached hydrogen (secondary N) is 2. The molecule has 2 saturated carbocycles. The van der Waals surface area contributed by atoms with E-state index in [9.17, 15) is 9.59 Å². The summed E-state index contributed by atoms with van der Waals surface area (Å²) in [4.78, 5) is 23.9. The molecule has 132 valence electrons. The smallest absolute Gasteiger partial charge is 0.239 e. The van der Waals surface area contributed by atoms with Crippen molar-refractivity contribution in [3.05, 3.63) is 0 Å².